The maximum Gasteiger partial charge on any atom is 0.337 e. The third-order valence-electron chi connectivity index (χ3n) is 6.17. The summed E-state index contributed by atoms with van der Waals surface area (Å²) in [5, 5.41) is 22.7. The van der Waals surface area contributed by atoms with Gasteiger partial charge in [-0.1, -0.05) is 42.5 Å². The summed E-state index contributed by atoms with van der Waals surface area (Å²) in [4.78, 5) is 24.7. The number of aromatic carboxylic acids is 1. The van der Waals surface area contributed by atoms with Crippen LogP contribution in [0.15, 0.2) is 75.9 Å². The van der Waals surface area contributed by atoms with Crippen molar-refractivity contribution in [3.63, 3.8) is 0 Å². The third kappa shape index (κ3) is 4.67. The van der Waals surface area contributed by atoms with Crippen LogP contribution in [0.5, 0.6) is 0 Å². The molecule has 3 aromatic carbocycles. The molecule has 6 heteroatoms. The number of anilines is 1. The third-order valence-corrected chi connectivity index (χ3v) is 6.17. The molecule has 4 rings (SSSR count). The number of hydrogen-bond donors (Lipinski definition) is 2. The first kappa shape index (κ1) is 23.8. The number of fused-ring (bicyclic) bond motifs is 1. The SMILES string of the molecule is Cc1cc(C(C)Nc2ccccc2C(=O)O)c2oc(-c3ccc(C(C)(C)C#N)cc3)cc(=O)c2c1. The summed E-state index contributed by atoms with van der Waals surface area (Å²) in [7, 11) is 0. The zero-order valence-corrected chi connectivity index (χ0v) is 20.0. The Kier molecular flexibility index (Phi) is 6.19. The fraction of sp³-hybridized carbons (Fsp3) is 0.207. The van der Waals surface area contributed by atoms with Gasteiger partial charge in [-0.2, -0.15) is 5.26 Å². The van der Waals surface area contributed by atoms with Crippen LogP contribution in [0.1, 0.15) is 53.9 Å². The van der Waals surface area contributed by atoms with Crippen molar-refractivity contribution in [2.45, 2.75) is 39.2 Å². The number of carboxylic acid groups (broad SMARTS) is 1. The number of hydrogen-bond acceptors (Lipinski definition) is 5. The highest BCUT2D eigenvalue weighted by atomic mass is 16.4. The first-order chi connectivity index (χ1) is 16.6. The minimum Gasteiger partial charge on any atom is -0.478 e. The molecule has 0 aliphatic carbocycles. The molecule has 0 saturated carbocycles. The van der Waals surface area contributed by atoms with Crippen LogP contribution in [-0.2, 0) is 5.41 Å². The highest BCUT2D eigenvalue weighted by Gasteiger charge is 2.21. The lowest BCUT2D eigenvalue weighted by Gasteiger charge is -2.19. The van der Waals surface area contributed by atoms with E-state index in [-0.39, 0.29) is 17.0 Å². The molecule has 1 unspecified atom stereocenters. The Balaban J connectivity index is 1.80. The van der Waals surface area contributed by atoms with Crippen LogP contribution >= 0.6 is 0 Å². The second kappa shape index (κ2) is 9.11. The summed E-state index contributed by atoms with van der Waals surface area (Å²) in [5.41, 5.74) is 3.56. The molecule has 2 N–H and O–H groups in total. The first-order valence-corrected chi connectivity index (χ1v) is 11.3. The highest BCUT2D eigenvalue weighted by molar-refractivity contribution is 5.94. The Bertz CT molecular complexity index is 1530. The minimum absolute atomic E-state index is 0.161. The zero-order valence-electron chi connectivity index (χ0n) is 20.0. The first-order valence-electron chi connectivity index (χ1n) is 11.3. The number of nitrogens with one attached hydrogen (secondary N) is 1. The lowest BCUT2D eigenvalue weighted by molar-refractivity contribution is 0.0698. The molecule has 1 heterocycles. The van der Waals surface area contributed by atoms with Gasteiger partial charge in [0.05, 0.1) is 28.5 Å². The van der Waals surface area contributed by atoms with E-state index in [0.29, 0.717) is 22.4 Å². The molecule has 0 fully saturated rings. The largest absolute Gasteiger partial charge is 0.478 e. The number of rotatable bonds is 6. The van der Waals surface area contributed by atoms with Gasteiger partial charge in [-0.3, -0.25) is 4.79 Å². The average Bonchev–Trinajstić information content (AvgIpc) is 2.84. The Morgan fingerprint density at radius 3 is 2.43 bits per heavy atom. The van der Waals surface area contributed by atoms with E-state index in [2.05, 4.69) is 11.4 Å². The number of carbonyl (C=O) groups is 1. The average molecular weight is 467 g/mol. The van der Waals surface area contributed by atoms with Gasteiger partial charge in [-0.15, -0.1) is 0 Å². The summed E-state index contributed by atoms with van der Waals surface area (Å²) in [6, 6.07) is 21.3. The van der Waals surface area contributed by atoms with Gasteiger partial charge >= 0.3 is 5.97 Å². The molecule has 6 nitrogen and oxygen atoms in total. The molecule has 0 aliphatic heterocycles. The zero-order chi connectivity index (χ0) is 25.3. The second-order valence-corrected chi connectivity index (χ2v) is 9.24. The summed E-state index contributed by atoms with van der Waals surface area (Å²) in [6.07, 6.45) is 0. The molecule has 1 atom stereocenters. The molecule has 0 saturated heterocycles. The number of nitriles is 1. The highest BCUT2D eigenvalue weighted by Crippen LogP contribution is 2.32. The normalized spacial score (nSPS) is 12.2. The van der Waals surface area contributed by atoms with Crippen LogP contribution in [0.25, 0.3) is 22.3 Å². The molecule has 35 heavy (non-hydrogen) atoms. The van der Waals surface area contributed by atoms with Gasteiger partial charge in [0, 0.05) is 22.9 Å². The molecule has 0 radical (unpaired) electrons. The van der Waals surface area contributed by atoms with E-state index in [1.807, 2.05) is 58.0 Å². The summed E-state index contributed by atoms with van der Waals surface area (Å²) in [6.45, 7) is 7.51. The lowest BCUT2D eigenvalue weighted by Crippen LogP contribution is -2.13. The quantitative estimate of drug-likeness (QED) is 0.339. The molecule has 1 aromatic heterocycles. The van der Waals surface area contributed by atoms with Crippen LogP contribution in [0.4, 0.5) is 5.69 Å². The number of nitrogens with zero attached hydrogens (tertiary/aromatic N) is 1. The van der Waals surface area contributed by atoms with Crippen molar-refractivity contribution < 1.29 is 14.3 Å². The number of para-hydroxylation sites is 1. The van der Waals surface area contributed by atoms with E-state index in [9.17, 15) is 20.0 Å². The maximum atomic E-state index is 13.1. The molecule has 0 spiro atoms. The summed E-state index contributed by atoms with van der Waals surface area (Å²) in [5.74, 6) is -0.599. The van der Waals surface area contributed by atoms with Crippen LogP contribution < -0.4 is 10.7 Å². The van der Waals surface area contributed by atoms with E-state index < -0.39 is 11.4 Å². The van der Waals surface area contributed by atoms with Crippen LogP contribution in [0.3, 0.4) is 0 Å². The molecular formula is C29H26N2O4. The van der Waals surface area contributed by atoms with Crippen LogP contribution in [-0.4, -0.2) is 11.1 Å². The summed E-state index contributed by atoms with van der Waals surface area (Å²) < 4.78 is 6.28. The Labute approximate surface area is 203 Å². The van der Waals surface area contributed by atoms with E-state index in [1.165, 1.54) is 6.07 Å². The van der Waals surface area contributed by atoms with Crippen molar-refractivity contribution in [1.29, 1.82) is 5.26 Å². The Hall–Kier alpha value is -4.37. The van der Waals surface area contributed by atoms with Gasteiger partial charge in [0.1, 0.15) is 11.3 Å². The number of benzene rings is 3. The van der Waals surface area contributed by atoms with Gasteiger partial charge in [0.15, 0.2) is 5.43 Å². The van der Waals surface area contributed by atoms with Crippen LogP contribution in [0, 0.1) is 18.3 Å². The Morgan fingerprint density at radius 2 is 1.77 bits per heavy atom. The smallest absolute Gasteiger partial charge is 0.337 e. The molecule has 4 aromatic rings. The lowest BCUT2D eigenvalue weighted by atomic mass is 9.86. The van der Waals surface area contributed by atoms with Gasteiger partial charge in [0.25, 0.3) is 0 Å². The van der Waals surface area contributed by atoms with E-state index in [0.717, 1.165) is 22.3 Å². The standard InChI is InChI=1S/C29H26N2O4/c1-17-13-22(18(2)31-24-8-6-5-7-21(24)28(33)34)27-23(14-17)25(32)15-26(35-27)19-9-11-20(12-10-19)29(3,4)16-30/h5-15,18,31H,1-4H3,(H,33,34). The summed E-state index contributed by atoms with van der Waals surface area (Å²) >= 11 is 0. The number of aryl methyl sites for hydroxylation is 1. The van der Waals surface area contributed by atoms with Crippen molar-refractivity contribution in [3.8, 4) is 17.4 Å². The van der Waals surface area contributed by atoms with Gasteiger partial charge in [0.2, 0.25) is 0 Å². The fourth-order valence-electron chi connectivity index (χ4n) is 4.12. The minimum atomic E-state index is -1.02. The van der Waals surface area contributed by atoms with Crippen molar-refractivity contribution in [1.82, 2.24) is 0 Å². The van der Waals surface area contributed by atoms with Crippen molar-refractivity contribution in [2.75, 3.05) is 5.32 Å². The van der Waals surface area contributed by atoms with Crippen molar-refractivity contribution in [2.24, 2.45) is 0 Å². The molecule has 0 amide bonds. The van der Waals surface area contributed by atoms with E-state index in [1.54, 1.807) is 30.3 Å². The maximum absolute atomic E-state index is 13.1. The van der Waals surface area contributed by atoms with Gasteiger partial charge in [-0.25, -0.2) is 4.79 Å². The van der Waals surface area contributed by atoms with Crippen molar-refractivity contribution in [3.05, 3.63) is 99.2 Å². The molecule has 0 bridgehead atoms. The van der Waals surface area contributed by atoms with Gasteiger partial charge < -0.3 is 14.8 Å². The molecule has 176 valence electrons. The fourth-order valence-corrected chi connectivity index (χ4v) is 4.12. The van der Waals surface area contributed by atoms with Crippen LogP contribution in [0.2, 0.25) is 0 Å². The van der Waals surface area contributed by atoms with Crippen molar-refractivity contribution >= 4 is 22.6 Å². The van der Waals surface area contributed by atoms with E-state index >= 15 is 0 Å². The monoisotopic (exact) mass is 466 g/mol. The predicted octanol–water partition coefficient (Wildman–Crippen LogP) is 6.44. The molecular weight excluding hydrogens is 440 g/mol. The molecule has 0 aliphatic rings. The topological polar surface area (TPSA) is 103 Å². The Morgan fingerprint density at radius 1 is 1.09 bits per heavy atom. The van der Waals surface area contributed by atoms with E-state index in [4.69, 9.17) is 4.42 Å². The number of carboxylic acids is 1. The van der Waals surface area contributed by atoms with Gasteiger partial charge in [-0.05, 0) is 57.0 Å². The second-order valence-electron chi connectivity index (χ2n) is 9.24. The predicted molar refractivity (Wildman–Crippen MR) is 137 cm³/mol.